The van der Waals surface area contributed by atoms with Crippen molar-refractivity contribution in [1.29, 1.82) is 0 Å². The summed E-state index contributed by atoms with van der Waals surface area (Å²) < 4.78 is 4.86. The Morgan fingerprint density at radius 1 is 1.12 bits per heavy atom. The van der Waals surface area contributed by atoms with E-state index in [0.717, 1.165) is 11.5 Å². The van der Waals surface area contributed by atoms with Crippen LogP contribution in [-0.4, -0.2) is 47.1 Å². The third kappa shape index (κ3) is 12.3. The summed E-state index contributed by atoms with van der Waals surface area (Å²) in [6.07, 6.45) is 1.20. The van der Waals surface area contributed by atoms with E-state index in [2.05, 4.69) is 13.5 Å². The van der Waals surface area contributed by atoms with Crippen molar-refractivity contribution < 1.29 is 9.53 Å². The highest BCUT2D eigenvalue weighted by atomic mass is 32.2. The summed E-state index contributed by atoms with van der Waals surface area (Å²) in [6, 6.07) is 0. The van der Waals surface area contributed by atoms with Crippen molar-refractivity contribution in [2.45, 2.75) is 6.92 Å². The molecule has 0 fully saturated rings. The van der Waals surface area contributed by atoms with E-state index < -0.39 is 0 Å². The zero-order valence-electron chi connectivity index (χ0n) is 9.78. The molecule has 16 heavy (non-hydrogen) atoms. The van der Waals surface area contributed by atoms with Gasteiger partial charge in [-0.25, -0.2) is 4.79 Å². The zero-order chi connectivity index (χ0) is 12.1. The summed E-state index contributed by atoms with van der Waals surface area (Å²) in [6.45, 7) is 6.02. The highest BCUT2D eigenvalue weighted by molar-refractivity contribution is 8.04. The lowest BCUT2D eigenvalue weighted by Crippen LogP contribution is -2.04. The molecule has 0 atom stereocenters. The van der Waals surface area contributed by atoms with E-state index in [1.54, 1.807) is 0 Å². The molecule has 0 heterocycles. The summed E-state index contributed by atoms with van der Waals surface area (Å²) in [7, 11) is 0. The molecule has 0 bridgehead atoms. The van der Waals surface area contributed by atoms with Gasteiger partial charge in [-0.15, -0.1) is 0 Å². The molecule has 0 aromatic rings. The SMILES string of the molecule is C=CC(=O)OCCSCCSCCSCC. The second-order valence-corrected chi connectivity index (χ2v) is 6.64. The lowest BCUT2D eigenvalue weighted by Gasteiger charge is -2.02. The van der Waals surface area contributed by atoms with Gasteiger partial charge in [-0.05, 0) is 5.75 Å². The van der Waals surface area contributed by atoms with Crippen LogP contribution in [0.15, 0.2) is 12.7 Å². The molecule has 0 aliphatic heterocycles. The van der Waals surface area contributed by atoms with E-state index in [9.17, 15) is 4.79 Å². The predicted molar refractivity (Wildman–Crippen MR) is 78.8 cm³/mol. The van der Waals surface area contributed by atoms with Crippen LogP contribution in [0.3, 0.4) is 0 Å². The molecular formula is C11H20O2S3. The summed E-state index contributed by atoms with van der Waals surface area (Å²) in [4.78, 5) is 10.7. The van der Waals surface area contributed by atoms with Crippen molar-refractivity contribution in [2.24, 2.45) is 0 Å². The zero-order valence-corrected chi connectivity index (χ0v) is 12.2. The van der Waals surface area contributed by atoms with Gasteiger partial charge in [-0.2, -0.15) is 35.3 Å². The van der Waals surface area contributed by atoms with Crippen molar-refractivity contribution >= 4 is 41.3 Å². The first-order chi connectivity index (χ1) is 7.81. The van der Waals surface area contributed by atoms with Gasteiger partial charge in [-0.3, -0.25) is 0 Å². The Morgan fingerprint density at radius 2 is 1.69 bits per heavy atom. The molecule has 0 unspecified atom stereocenters. The van der Waals surface area contributed by atoms with Gasteiger partial charge in [0, 0.05) is 34.8 Å². The van der Waals surface area contributed by atoms with Crippen molar-refractivity contribution in [1.82, 2.24) is 0 Å². The first kappa shape index (κ1) is 16.3. The normalized spacial score (nSPS) is 10.1. The monoisotopic (exact) mass is 280 g/mol. The largest absolute Gasteiger partial charge is 0.462 e. The van der Waals surface area contributed by atoms with Crippen LogP contribution < -0.4 is 0 Å². The molecule has 0 N–H and O–H groups in total. The maximum atomic E-state index is 10.7. The Labute approximate surface area is 111 Å². The molecule has 0 aromatic carbocycles. The Morgan fingerprint density at radius 3 is 2.25 bits per heavy atom. The third-order valence-corrected chi connectivity index (χ3v) is 4.94. The second-order valence-electron chi connectivity index (χ2n) is 2.79. The first-order valence-corrected chi connectivity index (χ1v) is 8.80. The van der Waals surface area contributed by atoms with Gasteiger partial charge < -0.3 is 4.74 Å². The number of esters is 1. The smallest absolute Gasteiger partial charge is 0.330 e. The summed E-state index contributed by atoms with van der Waals surface area (Å²) in [5.74, 6) is 6.57. The van der Waals surface area contributed by atoms with Crippen LogP contribution in [0.4, 0.5) is 0 Å². The Kier molecular flexibility index (Phi) is 13.5. The topological polar surface area (TPSA) is 26.3 Å². The van der Waals surface area contributed by atoms with E-state index in [0.29, 0.717) is 6.61 Å². The highest BCUT2D eigenvalue weighted by Crippen LogP contribution is 2.09. The van der Waals surface area contributed by atoms with Gasteiger partial charge in [0.05, 0.1) is 0 Å². The molecule has 2 nitrogen and oxygen atoms in total. The van der Waals surface area contributed by atoms with E-state index in [-0.39, 0.29) is 5.97 Å². The highest BCUT2D eigenvalue weighted by Gasteiger charge is 1.95. The number of rotatable bonds is 11. The summed E-state index contributed by atoms with van der Waals surface area (Å²) in [5.41, 5.74) is 0. The van der Waals surface area contributed by atoms with Crippen LogP contribution in [-0.2, 0) is 9.53 Å². The minimum atomic E-state index is -0.327. The number of carbonyl (C=O) groups is 1. The van der Waals surface area contributed by atoms with Crippen LogP contribution in [0.1, 0.15) is 6.92 Å². The summed E-state index contributed by atoms with van der Waals surface area (Å²) in [5, 5.41) is 0. The standard InChI is InChI=1S/C11H20O2S3/c1-3-11(12)13-5-6-15-9-10-16-8-7-14-4-2/h3H,1,4-10H2,2H3. The fourth-order valence-corrected chi connectivity index (χ4v) is 3.63. The molecule has 5 heteroatoms. The molecule has 0 aliphatic carbocycles. The van der Waals surface area contributed by atoms with E-state index in [4.69, 9.17) is 4.74 Å². The number of hydrogen-bond donors (Lipinski definition) is 0. The lowest BCUT2D eigenvalue weighted by molar-refractivity contribution is -0.137. The van der Waals surface area contributed by atoms with Crippen molar-refractivity contribution in [3.63, 3.8) is 0 Å². The molecule has 0 spiro atoms. The molecule has 0 saturated heterocycles. The van der Waals surface area contributed by atoms with Crippen molar-refractivity contribution in [3.8, 4) is 0 Å². The number of hydrogen-bond acceptors (Lipinski definition) is 5. The van der Waals surface area contributed by atoms with Crippen LogP contribution >= 0.6 is 35.3 Å². The predicted octanol–water partition coefficient (Wildman–Crippen LogP) is 2.94. The van der Waals surface area contributed by atoms with E-state index in [1.165, 1.54) is 29.1 Å². The molecule has 0 saturated carbocycles. The minimum Gasteiger partial charge on any atom is -0.462 e. The Balaban J connectivity index is 2.98. The molecular weight excluding hydrogens is 260 g/mol. The van der Waals surface area contributed by atoms with Gasteiger partial charge in [0.2, 0.25) is 0 Å². The number of carbonyl (C=O) groups excluding carboxylic acids is 1. The maximum absolute atomic E-state index is 10.7. The Hall–Kier alpha value is 0.260. The molecule has 0 rings (SSSR count). The van der Waals surface area contributed by atoms with Crippen LogP contribution in [0.5, 0.6) is 0 Å². The fraction of sp³-hybridized carbons (Fsp3) is 0.727. The molecule has 0 radical (unpaired) electrons. The van der Waals surface area contributed by atoms with Crippen LogP contribution in [0.2, 0.25) is 0 Å². The van der Waals surface area contributed by atoms with E-state index in [1.807, 2.05) is 35.3 Å². The molecule has 94 valence electrons. The van der Waals surface area contributed by atoms with Crippen LogP contribution in [0, 0.1) is 0 Å². The average molecular weight is 280 g/mol. The van der Waals surface area contributed by atoms with Gasteiger partial charge in [-0.1, -0.05) is 13.5 Å². The maximum Gasteiger partial charge on any atom is 0.330 e. The lowest BCUT2D eigenvalue weighted by atomic mass is 10.6. The third-order valence-electron chi connectivity index (χ3n) is 1.59. The average Bonchev–Trinajstić information content (AvgIpc) is 2.31. The quantitative estimate of drug-likeness (QED) is 0.329. The fourth-order valence-electron chi connectivity index (χ4n) is 0.844. The van der Waals surface area contributed by atoms with Gasteiger partial charge in [0.1, 0.15) is 6.61 Å². The first-order valence-electron chi connectivity index (χ1n) is 5.33. The molecule has 0 aliphatic rings. The number of ether oxygens (including phenoxy) is 1. The van der Waals surface area contributed by atoms with Crippen molar-refractivity contribution in [3.05, 3.63) is 12.7 Å². The van der Waals surface area contributed by atoms with Crippen LogP contribution in [0.25, 0.3) is 0 Å². The molecule has 0 aromatic heterocycles. The van der Waals surface area contributed by atoms with Gasteiger partial charge in [0.25, 0.3) is 0 Å². The van der Waals surface area contributed by atoms with E-state index >= 15 is 0 Å². The Bertz CT molecular complexity index is 186. The van der Waals surface area contributed by atoms with Gasteiger partial charge >= 0.3 is 5.97 Å². The van der Waals surface area contributed by atoms with Crippen molar-refractivity contribution in [2.75, 3.05) is 41.1 Å². The molecule has 0 amide bonds. The number of thioether (sulfide) groups is 3. The second kappa shape index (κ2) is 13.3. The minimum absolute atomic E-state index is 0.327. The van der Waals surface area contributed by atoms with Gasteiger partial charge in [0.15, 0.2) is 0 Å². The summed E-state index contributed by atoms with van der Waals surface area (Å²) >= 11 is 5.82.